The van der Waals surface area contributed by atoms with E-state index < -0.39 is 10.4 Å². The maximum Gasteiger partial charge on any atom is 0.0431 e. The third-order valence-corrected chi connectivity index (χ3v) is 3.91. The molecular formula is C17H36O5S-2. The van der Waals surface area contributed by atoms with Crippen molar-refractivity contribution in [3.8, 4) is 0 Å². The molecule has 0 saturated heterocycles. The Bertz CT molecular complexity index is 309. The van der Waals surface area contributed by atoms with Crippen molar-refractivity contribution in [1.29, 1.82) is 0 Å². The first-order chi connectivity index (χ1) is 10.8. The highest BCUT2D eigenvalue weighted by Gasteiger charge is 2.01. The summed E-state index contributed by atoms with van der Waals surface area (Å²) < 4.78 is 34.1. The molecule has 0 aliphatic rings. The van der Waals surface area contributed by atoms with Gasteiger partial charge in [-0.2, -0.15) is 0 Å². The molecule has 0 amide bonds. The van der Waals surface area contributed by atoms with Crippen LogP contribution in [0.3, 0.4) is 0 Å². The van der Waals surface area contributed by atoms with Crippen LogP contribution in [0.1, 0.15) is 97.3 Å². The predicted molar refractivity (Wildman–Crippen MR) is 92.4 cm³/mol. The number of unbranched alkanes of at least 4 members (excludes halogenated alkanes) is 9. The molecule has 0 aromatic carbocycles. The third kappa shape index (κ3) is 34.3. The zero-order valence-electron chi connectivity index (χ0n) is 15.0. The van der Waals surface area contributed by atoms with Gasteiger partial charge in [-0.25, -0.2) is 0 Å². The largest absolute Gasteiger partial charge is 0.759 e. The average Bonchev–Trinajstić information content (AvgIpc) is 2.45. The van der Waals surface area contributed by atoms with Crippen LogP contribution in [0, 0.1) is 5.92 Å². The minimum atomic E-state index is -5.17. The van der Waals surface area contributed by atoms with Crippen LogP contribution >= 0.6 is 0 Å². The van der Waals surface area contributed by atoms with Crippen molar-refractivity contribution in [2.75, 3.05) is 6.61 Å². The van der Waals surface area contributed by atoms with Crippen molar-refractivity contribution in [3.05, 3.63) is 0 Å². The average molecular weight is 353 g/mol. The van der Waals surface area contributed by atoms with Crippen LogP contribution in [-0.2, 0) is 10.4 Å². The van der Waals surface area contributed by atoms with E-state index in [1.807, 2.05) is 0 Å². The topological polar surface area (TPSA) is 100 Å². The standard InChI is InChI=1S/C17H36O.H2O4S/c1-3-4-5-6-7-8-9-11-14-17(2)15-12-10-13-16-18;1-5(2,3)4/h17-18H,3-16H2,1-2H3;(H2,1,2,3,4)/p-2. The molecule has 142 valence electrons. The minimum absolute atomic E-state index is 0.367. The van der Waals surface area contributed by atoms with E-state index in [4.69, 9.17) is 22.6 Å². The van der Waals surface area contributed by atoms with Crippen LogP contribution in [0.4, 0.5) is 0 Å². The van der Waals surface area contributed by atoms with Crippen molar-refractivity contribution in [2.24, 2.45) is 5.92 Å². The minimum Gasteiger partial charge on any atom is -0.759 e. The lowest BCUT2D eigenvalue weighted by atomic mass is 9.96. The molecule has 1 atom stereocenters. The maximum absolute atomic E-state index is 8.71. The van der Waals surface area contributed by atoms with Gasteiger partial charge >= 0.3 is 0 Å². The zero-order chi connectivity index (χ0) is 18.0. The Morgan fingerprint density at radius 3 is 1.52 bits per heavy atom. The van der Waals surface area contributed by atoms with Gasteiger partial charge in [-0.1, -0.05) is 90.9 Å². The van der Waals surface area contributed by atoms with E-state index >= 15 is 0 Å². The Morgan fingerprint density at radius 2 is 1.13 bits per heavy atom. The molecule has 0 radical (unpaired) electrons. The van der Waals surface area contributed by atoms with E-state index in [0.717, 1.165) is 12.3 Å². The third-order valence-electron chi connectivity index (χ3n) is 3.91. The monoisotopic (exact) mass is 352 g/mol. The van der Waals surface area contributed by atoms with Gasteiger partial charge in [0, 0.05) is 17.0 Å². The molecule has 0 aliphatic heterocycles. The molecule has 0 aromatic heterocycles. The van der Waals surface area contributed by atoms with Gasteiger partial charge in [0.15, 0.2) is 0 Å². The Hall–Kier alpha value is -0.170. The molecule has 1 N–H and O–H groups in total. The molecule has 23 heavy (non-hydrogen) atoms. The van der Waals surface area contributed by atoms with Gasteiger partial charge in [0.2, 0.25) is 0 Å². The Labute approximate surface area is 143 Å². The number of rotatable bonds is 14. The highest BCUT2D eigenvalue weighted by Crippen LogP contribution is 2.17. The molecular weight excluding hydrogens is 316 g/mol. The zero-order valence-corrected chi connectivity index (χ0v) is 15.8. The van der Waals surface area contributed by atoms with Gasteiger partial charge in [-0.3, -0.25) is 8.42 Å². The van der Waals surface area contributed by atoms with Crippen molar-refractivity contribution < 1.29 is 22.6 Å². The Morgan fingerprint density at radius 1 is 0.783 bits per heavy atom. The molecule has 0 aromatic rings. The van der Waals surface area contributed by atoms with Crippen molar-refractivity contribution in [1.82, 2.24) is 0 Å². The number of aliphatic hydroxyl groups is 1. The lowest BCUT2D eigenvalue weighted by molar-refractivity contribution is 0.280. The molecule has 0 spiro atoms. The van der Waals surface area contributed by atoms with E-state index in [9.17, 15) is 0 Å². The summed E-state index contributed by atoms with van der Waals surface area (Å²) in [7, 11) is -5.17. The summed E-state index contributed by atoms with van der Waals surface area (Å²) in [4.78, 5) is 0. The van der Waals surface area contributed by atoms with Crippen LogP contribution in [0.2, 0.25) is 0 Å². The Balaban J connectivity index is 0. The normalized spacial score (nSPS) is 12.6. The highest BCUT2D eigenvalue weighted by molar-refractivity contribution is 7.79. The fourth-order valence-corrected chi connectivity index (χ4v) is 2.55. The van der Waals surface area contributed by atoms with Crippen LogP contribution in [0.15, 0.2) is 0 Å². The number of hydrogen-bond donors (Lipinski definition) is 1. The van der Waals surface area contributed by atoms with Gasteiger partial charge in [-0.05, 0) is 12.3 Å². The molecule has 0 bridgehead atoms. The maximum atomic E-state index is 8.71. The first-order valence-corrected chi connectivity index (χ1v) is 10.4. The van der Waals surface area contributed by atoms with E-state index in [1.165, 1.54) is 77.0 Å². The molecule has 0 saturated carbocycles. The van der Waals surface area contributed by atoms with E-state index in [0.29, 0.717) is 6.61 Å². The second kappa shape index (κ2) is 18.2. The summed E-state index contributed by atoms with van der Waals surface area (Å²) in [5, 5.41) is 8.71. The Kier molecular flexibility index (Phi) is 19.8. The van der Waals surface area contributed by atoms with E-state index in [1.54, 1.807) is 0 Å². The van der Waals surface area contributed by atoms with Crippen molar-refractivity contribution >= 4 is 10.4 Å². The van der Waals surface area contributed by atoms with Crippen molar-refractivity contribution in [2.45, 2.75) is 97.3 Å². The summed E-state index contributed by atoms with van der Waals surface area (Å²) in [6.07, 6.45) is 17.7. The second-order valence-electron chi connectivity index (χ2n) is 6.35. The first kappa shape index (κ1) is 25.1. The smallest absolute Gasteiger partial charge is 0.0431 e. The van der Waals surface area contributed by atoms with Crippen LogP contribution in [-0.4, -0.2) is 29.2 Å². The number of hydrogen-bond acceptors (Lipinski definition) is 5. The van der Waals surface area contributed by atoms with Gasteiger partial charge < -0.3 is 14.2 Å². The molecule has 0 heterocycles. The summed E-state index contributed by atoms with van der Waals surface area (Å²) in [5.41, 5.74) is 0. The number of aliphatic hydroxyl groups excluding tert-OH is 1. The molecule has 5 nitrogen and oxygen atoms in total. The van der Waals surface area contributed by atoms with Crippen molar-refractivity contribution in [3.63, 3.8) is 0 Å². The lowest BCUT2D eigenvalue weighted by Gasteiger charge is -2.10. The second-order valence-corrected chi connectivity index (χ2v) is 7.17. The fraction of sp³-hybridized carbons (Fsp3) is 1.00. The van der Waals surface area contributed by atoms with Gasteiger partial charge in [0.1, 0.15) is 0 Å². The highest BCUT2D eigenvalue weighted by atomic mass is 32.3. The van der Waals surface area contributed by atoms with Crippen LogP contribution in [0.5, 0.6) is 0 Å². The molecule has 0 aliphatic carbocycles. The fourth-order valence-electron chi connectivity index (χ4n) is 2.55. The molecule has 1 unspecified atom stereocenters. The summed E-state index contributed by atoms with van der Waals surface area (Å²) in [6, 6.07) is 0. The van der Waals surface area contributed by atoms with Crippen LogP contribution < -0.4 is 0 Å². The molecule has 0 fully saturated rings. The SMILES string of the molecule is CCCCCCCCCCC(C)CCCCCO.O=S(=O)([O-])[O-]. The quantitative estimate of drug-likeness (QED) is 0.284. The molecule has 6 heteroatoms. The molecule has 0 rings (SSSR count). The van der Waals surface area contributed by atoms with E-state index in [2.05, 4.69) is 13.8 Å². The van der Waals surface area contributed by atoms with Gasteiger partial charge in [0.05, 0.1) is 0 Å². The summed E-state index contributed by atoms with van der Waals surface area (Å²) >= 11 is 0. The van der Waals surface area contributed by atoms with E-state index in [-0.39, 0.29) is 0 Å². The van der Waals surface area contributed by atoms with Gasteiger partial charge in [-0.15, -0.1) is 0 Å². The lowest BCUT2D eigenvalue weighted by Crippen LogP contribution is -1.95. The van der Waals surface area contributed by atoms with Crippen LogP contribution in [0.25, 0.3) is 0 Å². The summed E-state index contributed by atoms with van der Waals surface area (Å²) in [6.45, 7) is 5.04. The van der Waals surface area contributed by atoms with Gasteiger partial charge in [0.25, 0.3) is 0 Å². The predicted octanol–water partition coefficient (Wildman–Crippen LogP) is 4.37. The summed E-state index contributed by atoms with van der Waals surface area (Å²) in [5.74, 6) is 0.892. The first-order valence-electron chi connectivity index (χ1n) is 9.08.